The molecule has 1 aliphatic rings. The maximum absolute atomic E-state index is 5.13. The molecule has 1 aromatic rings. The van der Waals surface area contributed by atoms with Crippen molar-refractivity contribution in [1.82, 2.24) is 5.32 Å². The van der Waals surface area contributed by atoms with Crippen molar-refractivity contribution in [1.29, 1.82) is 0 Å². The standard InChI is InChI=1S/C12H15NO/c1-14-12-4-2-10(3-5-12)11-6-8-13-9-7-11/h2-6,8,11,13H,7,9H2,1H3. The van der Waals surface area contributed by atoms with Gasteiger partial charge in [-0.2, -0.15) is 0 Å². The molecule has 1 aromatic carbocycles. The van der Waals surface area contributed by atoms with Crippen molar-refractivity contribution in [2.45, 2.75) is 12.3 Å². The molecule has 0 saturated carbocycles. The van der Waals surface area contributed by atoms with Crippen LogP contribution in [0, 0.1) is 0 Å². The van der Waals surface area contributed by atoms with Gasteiger partial charge >= 0.3 is 0 Å². The van der Waals surface area contributed by atoms with Crippen LogP contribution in [0.1, 0.15) is 17.9 Å². The number of hydrogen-bond acceptors (Lipinski definition) is 2. The van der Waals surface area contributed by atoms with Crippen molar-refractivity contribution in [3.05, 3.63) is 42.1 Å². The summed E-state index contributed by atoms with van der Waals surface area (Å²) in [6.45, 7) is 1.06. The molecule has 0 spiro atoms. The van der Waals surface area contributed by atoms with Gasteiger partial charge in [0.05, 0.1) is 7.11 Å². The van der Waals surface area contributed by atoms with Crippen molar-refractivity contribution in [2.75, 3.05) is 13.7 Å². The van der Waals surface area contributed by atoms with Crippen molar-refractivity contribution >= 4 is 0 Å². The van der Waals surface area contributed by atoms with E-state index >= 15 is 0 Å². The fourth-order valence-electron chi connectivity index (χ4n) is 1.73. The third kappa shape index (κ3) is 1.90. The highest BCUT2D eigenvalue weighted by Gasteiger charge is 2.09. The van der Waals surface area contributed by atoms with E-state index in [-0.39, 0.29) is 0 Å². The smallest absolute Gasteiger partial charge is 0.118 e. The highest BCUT2D eigenvalue weighted by Crippen LogP contribution is 2.24. The van der Waals surface area contributed by atoms with Gasteiger partial charge in [-0.1, -0.05) is 18.2 Å². The molecule has 0 amide bonds. The molecule has 0 bridgehead atoms. The second kappa shape index (κ2) is 4.18. The van der Waals surface area contributed by atoms with E-state index in [1.54, 1.807) is 7.11 Å². The second-order valence-electron chi connectivity index (χ2n) is 3.48. The predicted octanol–water partition coefficient (Wildman–Crippen LogP) is 2.29. The first-order valence-corrected chi connectivity index (χ1v) is 4.94. The summed E-state index contributed by atoms with van der Waals surface area (Å²) < 4.78 is 5.13. The molecule has 0 aromatic heterocycles. The summed E-state index contributed by atoms with van der Waals surface area (Å²) in [6, 6.07) is 8.31. The van der Waals surface area contributed by atoms with Gasteiger partial charge in [-0.25, -0.2) is 0 Å². The van der Waals surface area contributed by atoms with Crippen LogP contribution in [0.5, 0.6) is 5.75 Å². The SMILES string of the molecule is COc1ccc(C2C=CNCC2)cc1. The Kier molecular flexibility index (Phi) is 2.73. The van der Waals surface area contributed by atoms with Gasteiger partial charge in [-0.15, -0.1) is 0 Å². The van der Waals surface area contributed by atoms with Crippen LogP contribution < -0.4 is 10.1 Å². The molecule has 1 aliphatic heterocycles. The number of nitrogens with one attached hydrogen (secondary N) is 1. The molecule has 1 atom stereocenters. The van der Waals surface area contributed by atoms with E-state index in [1.165, 1.54) is 12.0 Å². The van der Waals surface area contributed by atoms with Gasteiger partial charge in [-0.3, -0.25) is 0 Å². The van der Waals surface area contributed by atoms with Crippen LogP contribution >= 0.6 is 0 Å². The van der Waals surface area contributed by atoms with E-state index in [9.17, 15) is 0 Å². The third-order valence-corrected chi connectivity index (χ3v) is 2.59. The van der Waals surface area contributed by atoms with Crippen molar-refractivity contribution in [3.8, 4) is 5.75 Å². The van der Waals surface area contributed by atoms with E-state index in [0.29, 0.717) is 5.92 Å². The van der Waals surface area contributed by atoms with E-state index in [0.717, 1.165) is 12.3 Å². The summed E-state index contributed by atoms with van der Waals surface area (Å²) in [4.78, 5) is 0. The monoisotopic (exact) mass is 189 g/mol. The number of rotatable bonds is 2. The molecule has 1 unspecified atom stereocenters. The lowest BCUT2D eigenvalue weighted by atomic mass is 9.94. The molecule has 2 nitrogen and oxygen atoms in total. The van der Waals surface area contributed by atoms with E-state index in [1.807, 2.05) is 18.3 Å². The maximum atomic E-state index is 5.13. The highest BCUT2D eigenvalue weighted by molar-refractivity contribution is 5.31. The summed E-state index contributed by atoms with van der Waals surface area (Å²) in [5.74, 6) is 1.48. The molecule has 14 heavy (non-hydrogen) atoms. The topological polar surface area (TPSA) is 21.3 Å². The van der Waals surface area contributed by atoms with Crippen LogP contribution in [0.25, 0.3) is 0 Å². The fourth-order valence-corrected chi connectivity index (χ4v) is 1.73. The van der Waals surface area contributed by atoms with E-state index in [2.05, 4.69) is 23.5 Å². The largest absolute Gasteiger partial charge is 0.497 e. The van der Waals surface area contributed by atoms with Gasteiger partial charge in [0.15, 0.2) is 0 Å². The van der Waals surface area contributed by atoms with Crippen molar-refractivity contribution in [2.24, 2.45) is 0 Å². The van der Waals surface area contributed by atoms with Gasteiger partial charge < -0.3 is 10.1 Å². The molecule has 2 heteroatoms. The lowest BCUT2D eigenvalue weighted by Gasteiger charge is -2.17. The average molecular weight is 189 g/mol. The first-order valence-electron chi connectivity index (χ1n) is 4.94. The molecule has 0 fully saturated rings. The zero-order chi connectivity index (χ0) is 9.80. The molecular formula is C12H15NO. The Morgan fingerprint density at radius 2 is 2.07 bits per heavy atom. The molecule has 0 radical (unpaired) electrons. The number of methoxy groups -OCH3 is 1. The average Bonchev–Trinajstić information content (AvgIpc) is 2.30. The summed E-state index contributed by atoms with van der Waals surface area (Å²) in [6.07, 6.45) is 5.42. The van der Waals surface area contributed by atoms with Gasteiger partial charge in [0.2, 0.25) is 0 Å². The first kappa shape index (κ1) is 9.13. The number of allylic oxidation sites excluding steroid dienone is 1. The minimum Gasteiger partial charge on any atom is -0.497 e. The zero-order valence-electron chi connectivity index (χ0n) is 8.36. The summed E-state index contributed by atoms with van der Waals surface area (Å²) in [7, 11) is 1.69. The molecule has 1 heterocycles. The third-order valence-electron chi connectivity index (χ3n) is 2.59. The van der Waals surface area contributed by atoms with E-state index in [4.69, 9.17) is 4.74 Å². The van der Waals surface area contributed by atoms with Crippen LogP contribution in [0.4, 0.5) is 0 Å². The van der Waals surface area contributed by atoms with Crippen LogP contribution in [0.2, 0.25) is 0 Å². The Bertz CT molecular complexity index is 316. The zero-order valence-corrected chi connectivity index (χ0v) is 8.36. The van der Waals surface area contributed by atoms with Crippen LogP contribution in [-0.2, 0) is 0 Å². The van der Waals surface area contributed by atoms with Gasteiger partial charge in [-0.05, 0) is 30.3 Å². The predicted molar refractivity (Wildman–Crippen MR) is 57.5 cm³/mol. The highest BCUT2D eigenvalue weighted by atomic mass is 16.5. The molecule has 0 aliphatic carbocycles. The molecular weight excluding hydrogens is 174 g/mol. The summed E-state index contributed by atoms with van der Waals surface area (Å²) in [5, 5.41) is 3.20. The minimum atomic E-state index is 0.558. The Morgan fingerprint density at radius 1 is 1.29 bits per heavy atom. The Hall–Kier alpha value is -1.44. The molecule has 2 rings (SSSR count). The number of ether oxygens (including phenoxy) is 1. The quantitative estimate of drug-likeness (QED) is 0.770. The lowest BCUT2D eigenvalue weighted by molar-refractivity contribution is 0.414. The Labute approximate surface area is 84.6 Å². The first-order chi connectivity index (χ1) is 6.90. The van der Waals surface area contributed by atoms with Crippen LogP contribution in [0.15, 0.2) is 36.5 Å². The maximum Gasteiger partial charge on any atom is 0.118 e. The number of hydrogen-bond donors (Lipinski definition) is 1. The van der Waals surface area contributed by atoms with E-state index < -0.39 is 0 Å². The Balaban J connectivity index is 2.15. The van der Waals surface area contributed by atoms with Crippen LogP contribution in [-0.4, -0.2) is 13.7 Å². The van der Waals surface area contributed by atoms with Crippen molar-refractivity contribution < 1.29 is 4.74 Å². The molecule has 0 saturated heterocycles. The molecule has 1 N–H and O–H groups in total. The summed E-state index contributed by atoms with van der Waals surface area (Å²) >= 11 is 0. The summed E-state index contributed by atoms with van der Waals surface area (Å²) in [5.41, 5.74) is 1.36. The fraction of sp³-hybridized carbons (Fsp3) is 0.333. The lowest BCUT2D eigenvalue weighted by Crippen LogP contribution is -2.15. The molecule has 74 valence electrons. The Morgan fingerprint density at radius 3 is 2.64 bits per heavy atom. The van der Waals surface area contributed by atoms with Gasteiger partial charge in [0, 0.05) is 12.5 Å². The number of benzene rings is 1. The second-order valence-corrected chi connectivity index (χ2v) is 3.48. The van der Waals surface area contributed by atoms with Gasteiger partial charge in [0.1, 0.15) is 5.75 Å². The normalized spacial score (nSPS) is 20.2. The van der Waals surface area contributed by atoms with Crippen molar-refractivity contribution in [3.63, 3.8) is 0 Å². The minimum absolute atomic E-state index is 0.558. The van der Waals surface area contributed by atoms with Crippen LogP contribution in [0.3, 0.4) is 0 Å². The van der Waals surface area contributed by atoms with Gasteiger partial charge in [0.25, 0.3) is 0 Å².